The molecule has 2 amide bonds. The highest BCUT2D eigenvalue weighted by atomic mass is 35.5. The molecule has 3 heterocycles. The molecule has 264 valence electrons. The summed E-state index contributed by atoms with van der Waals surface area (Å²) in [7, 11) is 0. The molecule has 7 rings (SSSR count). The van der Waals surface area contributed by atoms with Crippen molar-refractivity contribution in [1.82, 2.24) is 0 Å². The van der Waals surface area contributed by atoms with E-state index < -0.39 is 31.2 Å². The third-order valence-corrected chi connectivity index (χ3v) is 10.4. The molecule has 5 atom stereocenters. The minimum Gasteiger partial charge on any atom is -0.490 e. The zero-order valence-corrected chi connectivity index (χ0v) is 29.0. The lowest BCUT2D eigenvalue weighted by Gasteiger charge is -2.36. The van der Waals surface area contributed by atoms with Gasteiger partial charge in [-0.05, 0) is 48.6 Å². The Balaban J connectivity index is 1.07. The summed E-state index contributed by atoms with van der Waals surface area (Å²) in [5.74, 6) is 1.46. The number of alkyl halides is 1. The van der Waals surface area contributed by atoms with Crippen LogP contribution in [-0.2, 0) is 20.7 Å². The summed E-state index contributed by atoms with van der Waals surface area (Å²) in [6, 6.07) is 19.6. The molecule has 0 bridgehead atoms. The Kier molecular flexibility index (Phi) is 9.91. The van der Waals surface area contributed by atoms with Crippen molar-refractivity contribution in [2.24, 2.45) is 0 Å². The fourth-order valence-electron chi connectivity index (χ4n) is 7.66. The second-order valence-electron chi connectivity index (χ2n) is 13.6. The molecule has 3 N–H and O–H groups in total. The molecule has 10 nitrogen and oxygen atoms in total. The predicted octanol–water partition coefficient (Wildman–Crippen LogP) is 5.42. The standard InChI is InChI=1S/C39H43ClN2O8/c1-22(2)48-32-17-30-38(28-11-6-5-10-27(28)32)23(19-40)20-42(30)36(46)13-7-12-35(45)41-15-14-25-24-8-3-4-9-26(24)33(16-29(25)41)49-37-18-31(44)39(47)34(21-43)50-37/h3-6,8-11,16-17,22-23,31,34,37,39,43-44,47H,7,12-15,18-21H2,1-2H3. The summed E-state index contributed by atoms with van der Waals surface area (Å²) in [6.07, 6.45) is -2.74. The van der Waals surface area contributed by atoms with E-state index in [9.17, 15) is 24.9 Å². The van der Waals surface area contributed by atoms with E-state index in [0.29, 0.717) is 37.6 Å². The van der Waals surface area contributed by atoms with E-state index in [-0.39, 0.29) is 43.1 Å². The minimum atomic E-state index is -1.21. The number of nitrogens with zero attached hydrogens (tertiary/aromatic N) is 2. The Morgan fingerprint density at radius 1 is 0.920 bits per heavy atom. The van der Waals surface area contributed by atoms with E-state index in [2.05, 4.69) is 6.07 Å². The van der Waals surface area contributed by atoms with Crippen LogP contribution in [0.1, 0.15) is 56.6 Å². The molecule has 4 aromatic carbocycles. The van der Waals surface area contributed by atoms with Gasteiger partial charge < -0.3 is 39.3 Å². The second-order valence-corrected chi connectivity index (χ2v) is 13.9. The van der Waals surface area contributed by atoms with Crippen molar-refractivity contribution in [1.29, 1.82) is 0 Å². The van der Waals surface area contributed by atoms with Crippen LogP contribution in [-0.4, -0.2) is 83.4 Å². The van der Waals surface area contributed by atoms with Gasteiger partial charge in [-0.1, -0.05) is 48.5 Å². The number of carbonyl (C=O) groups is 2. The van der Waals surface area contributed by atoms with Crippen LogP contribution in [0.25, 0.3) is 21.5 Å². The van der Waals surface area contributed by atoms with Crippen molar-refractivity contribution in [3.05, 3.63) is 71.8 Å². The Hall–Kier alpha value is -3.93. The summed E-state index contributed by atoms with van der Waals surface area (Å²) in [6.45, 7) is 4.49. The smallest absolute Gasteiger partial charge is 0.227 e. The monoisotopic (exact) mass is 702 g/mol. The second kappa shape index (κ2) is 14.4. The van der Waals surface area contributed by atoms with Crippen molar-refractivity contribution in [2.75, 3.05) is 35.4 Å². The average Bonchev–Trinajstić information content (AvgIpc) is 3.71. The summed E-state index contributed by atoms with van der Waals surface area (Å²) in [5.41, 5.74) is 3.67. The molecule has 50 heavy (non-hydrogen) atoms. The molecule has 3 aliphatic rings. The zero-order valence-electron chi connectivity index (χ0n) is 28.3. The van der Waals surface area contributed by atoms with E-state index in [1.807, 2.05) is 68.4 Å². The van der Waals surface area contributed by atoms with Crippen LogP contribution in [0.3, 0.4) is 0 Å². The van der Waals surface area contributed by atoms with Gasteiger partial charge >= 0.3 is 0 Å². The minimum absolute atomic E-state index is 0.00977. The Bertz CT molecular complexity index is 1920. The van der Waals surface area contributed by atoms with E-state index in [4.69, 9.17) is 25.8 Å². The Labute approximate surface area is 296 Å². The highest BCUT2D eigenvalue weighted by molar-refractivity contribution is 6.19. The molecule has 0 radical (unpaired) electrons. The molecule has 1 saturated heterocycles. The first kappa shape index (κ1) is 34.5. The van der Waals surface area contributed by atoms with E-state index >= 15 is 0 Å². The normalized spacial score (nSPS) is 23.1. The lowest BCUT2D eigenvalue weighted by molar-refractivity contribution is -0.229. The quantitative estimate of drug-likeness (QED) is 0.187. The number of amides is 2. The maximum atomic E-state index is 13.7. The number of hydrogen-bond donors (Lipinski definition) is 3. The molecule has 11 heteroatoms. The fraction of sp³-hybridized carbons (Fsp3) is 0.436. The molecule has 5 unspecified atom stereocenters. The van der Waals surface area contributed by atoms with E-state index in [0.717, 1.165) is 49.8 Å². The highest BCUT2D eigenvalue weighted by Gasteiger charge is 2.38. The van der Waals surface area contributed by atoms with E-state index in [1.54, 1.807) is 9.80 Å². The van der Waals surface area contributed by atoms with Gasteiger partial charge in [-0.2, -0.15) is 0 Å². The lowest BCUT2D eigenvalue weighted by atomic mass is 9.95. The van der Waals surface area contributed by atoms with Crippen LogP contribution in [0.2, 0.25) is 0 Å². The van der Waals surface area contributed by atoms with Crippen LogP contribution < -0.4 is 19.3 Å². The summed E-state index contributed by atoms with van der Waals surface area (Å²) in [5, 5.41) is 34.0. The average molecular weight is 703 g/mol. The van der Waals surface area contributed by atoms with Gasteiger partial charge in [0.25, 0.3) is 0 Å². The van der Waals surface area contributed by atoms with Crippen LogP contribution in [0.4, 0.5) is 11.4 Å². The fourth-order valence-corrected chi connectivity index (χ4v) is 7.92. The summed E-state index contributed by atoms with van der Waals surface area (Å²) in [4.78, 5) is 31.0. The molecule has 0 saturated carbocycles. The van der Waals surface area contributed by atoms with Crippen molar-refractivity contribution in [3.8, 4) is 11.5 Å². The topological polar surface area (TPSA) is 129 Å². The molecule has 0 aliphatic carbocycles. The number of fused-ring (bicyclic) bond motifs is 6. The lowest BCUT2D eigenvalue weighted by Crippen LogP contribution is -2.51. The van der Waals surface area contributed by atoms with Crippen molar-refractivity contribution >= 4 is 56.3 Å². The third kappa shape index (κ3) is 6.39. The summed E-state index contributed by atoms with van der Waals surface area (Å²) >= 11 is 6.45. The van der Waals surface area contributed by atoms with Gasteiger partial charge in [0.15, 0.2) is 0 Å². The first-order valence-electron chi connectivity index (χ1n) is 17.4. The van der Waals surface area contributed by atoms with Crippen LogP contribution in [0.15, 0.2) is 60.7 Å². The number of aliphatic hydroxyl groups excluding tert-OH is 3. The van der Waals surface area contributed by atoms with Gasteiger partial charge in [-0.25, -0.2) is 0 Å². The number of anilines is 2. The van der Waals surface area contributed by atoms with Crippen LogP contribution >= 0.6 is 11.6 Å². The number of hydrogen-bond acceptors (Lipinski definition) is 8. The molecular formula is C39H43ClN2O8. The van der Waals surface area contributed by atoms with Gasteiger partial charge in [0, 0.05) is 67.1 Å². The van der Waals surface area contributed by atoms with Crippen molar-refractivity contribution < 1.29 is 39.1 Å². The Morgan fingerprint density at radius 3 is 2.24 bits per heavy atom. The molecule has 0 spiro atoms. The maximum Gasteiger partial charge on any atom is 0.227 e. The molecular weight excluding hydrogens is 660 g/mol. The van der Waals surface area contributed by atoms with Crippen molar-refractivity contribution in [2.45, 2.75) is 82.6 Å². The van der Waals surface area contributed by atoms with Gasteiger partial charge in [-0.3, -0.25) is 9.59 Å². The molecule has 4 aromatic rings. The number of rotatable bonds is 10. The van der Waals surface area contributed by atoms with Crippen molar-refractivity contribution in [3.63, 3.8) is 0 Å². The third-order valence-electron chi connectivity index (χ3n) is 10.0. The highest BCUT2D eigenvalue weighted by Crippen LogP contribution is 2.46. The number of carbonyl (C=O) groups excluding carboxylic acids is 2. The predicted molar refractivity (Wildman–Crippen MR) is 192 cm³/mol. The van der Waals surface area contributed by atoms with Crippen LogP contribution in [0, 0.1) is 0 Å². The number of aliphatic hydroxyl groups is 3. The van der Waals surface area contributed by atoms with Gasteiger partial charge in [-0.15, -0.1) is 11.6 Å². The molecule has 0 aromatic heterocycles. The van der Waals surface area contributed by atoms with Gasteiger partial charge in [0.1, 0.15) is 23.7 Å². The SMILES string of the molecule is CC(C)Oc1cc2c(c3ccccc13)C(CCl)CN2C(=O)CCCC(=O)N1CCc2c1cc(OC1CC(O)C(O)C(CO)O1)c1ccccc21. The number of benzene rings is 4. The first-order chi connectivity index (χ1) is 24.2. The number of ether oxygens (including phenoxy) is 3. The zero-order chi connectivity index (χ0) is 35.1. The maximum absolute atomic E-state index is 13.7. The largest absolute Gasteiger partial charge is 0.490 e. The van der Waals surface area contributed by atoms with Gasteiger partial charge in [0.2, 0.25) is 18.1 Å². The van der Waals surface area contributed by atoms with E-state index in [1.165, 1.54) is 0 Å². The van der Waals surface area contributed by atoms with Crippen LogP contribution in [0.5, 0.6) is 11.5 Å². The molecule has 3 aliphatic heterocycles. The Morgan fingerprint density at radius 2 is 1.56 bits per heavy atom. The van der Waals surface area contributed by atoms with Gasteiger partial charge in [0.05, 0.1) is 30.2 Å². The molecule has 1 fully saturated rings. The first-order valence-corrected chi connectivity index (χ1v) is 17.9. The summed E-state index contributed by atoms with van der Waals surface area (Å²) < 4.78 is 18.2. The number of halogens is 1.